The van der Waals surface area contributed by atoms with Gasteiger partial charge in [0.1, 0.15) is 0 Å². The molecule has 1 aliphatic rings. The van der Waals surface area contributed by atoms with Crippen molar-refractivity contribution >= 4 is 5.91 Å². The van der Waals surface area contributed by atoms with E-state index in [0.29, 0.717) is 18.5 Å². The number of hydrogen-bond donors (Lipinski definition) is 1. The Hall–Kier alpha value is -0.650. The van der Waals surface area contributed by atoms with Gasteiger partial charge in [-0.25, -0.2) is 0 Å². The largest absolute Gasteiger partial charge is 0.383 e. The molecule has 0 radical (unpaired) electrons. The lowest BCUT2D eigenvalue weighted by Gasteiger charge is -2.45. The highest BCUT2D eigenvalue weighted by Crippen LogP contribution is 2.16. The number of hydrogen-bond acceptors (Lipinski definition) is 4. The Morgan fingerprint density at radius 3 is 2.39 bits per heavy atom. The van der Waals surface area contributed by atoms with E-state index < -0.39 is 0 Å². The summed E-state index contributed by atoms with van der Waals surface area (Å²) in [6.07, 6.45) is 0.700. The van der Waals surface area contributed by atoms with E-state index in [1.54, 1.807) is 7.11 Å². The van der Waals surface area contributed by atoms with E-state index in [1.807, 2.05) is 11.8 Å². The van der Waals surface area contributed by atoms with Gasteiger partial charge >= 0.3 is 0 Å². The van der Waals surface area contributed by atoms with Crippen LogP contribution in [0.25, 0.3) is 0 Å². The van der Waals surface area contributed by atoms with Crippen molar-refractivity contribution in [3.8, 4) is 0 Å². The molecule has 18 heavy (non-hydrogen) atoms. The lowest BCUT2D eigenvalue weighted by atomic mass is 10.1. The van der Waals surface area contributed by atoms with Crippen molar-refractivity contribution in [2.24, 2.45) is 5.73 Å². The van der Waals surface area contributed by atoms with Crippen LogP contribution in [-0.2, 0) is 9.53 Å². The van der Waals surface area contributed by atoms with Gasteiger partial charge in [0, 0.05) is 38.8 Å². The minimum absolute atomic E-state index is 0.0857. The van der Waals surface area contributed by atoms with Crippen molar-refractivity contribution in [1.82, 2.24) is 9.80 Å². The van der Waals surface area contributed by atoms with E-state index in [-0.39, 0.29) is 11.9 Å². The van der Waals surface area contributed by atoms with Gasteiger partial charge < -0.3 is 15.4 Å². The van der Waals surface area contributed by atoms with Crippen LogP contribution in [0.4, 0.5) is 0 Å². The van der Waals surface area contributed by atoms with Gasteiger partial charge in [-0.1, -0.05) is 6.92 Å². The molecule has 3 atom stereocenters. The number of ether oxygens (including phenoxy) is 1. The van der Waals surface area contributed by atoms with E-state index in [4.69, 9.17) is 10.5 Å². The first kappa shape index (κ1) is 15.4. The van der Waals surface area contributed by atoms with Crippen LogP contribution >= 0.6 is 0 Å². The molecule has 1 aliphatic heterocycles. The van der Waals surface area contributed by atoms with E-state index in [1.165, 1.54) is 0 Å². The number of amides is 1. The van der Waals surface area contributed by atoms with Crippen LogP contribution in [0.2, 0.25) is 0 Å². The van der Waals surface area contributed by atoms with Gasteiger partial charge in [-0.05, 0) is 20.3 Å². The fourth-order valence-corrected chi connectivity index (χ4v) is 2.58. The highest BCUT2D eigenvalue weighted by atomic mass is 16.5. The van der Waals surface area contributed by atoms with E-state index >= 15 is 0 Å². The highest BCUT2D eigenvalue weighted by molar-refractivity contribution is 5.81. The summed E-state index contributed by atoms with van der Waals surface area (Å²) in [5.41, 5.74) is 5.83. The molecule has 0 aliphatic carbocycles. The molecule has 0 spiro atoms. The second-order valence-corrected chi connectivity index (χ2v) is 5.19. The normalized spacial score (nSPS) is 27.3. The number of carbonyl (C=O) groups is 1. The van der Waals surface area contributed by atoms with Crippen LogP contribution in [0.1, 0.15) is 27.2 Å². The van der Waals surface area contributed by atoms with Gasteiger partial charge in [0.2, 0.25) is 5.91 Å². The summed E-state index contributed by atoms with van der Waals surface area (Å²) in [5, 5.41) is 0. The number of piperazine rings is 1. The van der Waals surface area contributed by atoms with E-state index in [0.717, 1.165) is 26.2 Å². The zero-order valence-electron chi connectivity index (χ0n) is 12.1. The topological polar surface area (TPSA) is 58.8 Å². The van der Waals surface area contributed by atoms with Crippen LogP contribution in [0.5, 0.6) is 0 Å². The first-order chi connectivity index (χ1) is 8.51. The molecule has 0 aromatic carbocycles. The van der Waals surface area contributed by atoms with Gasteiger partial charge in [0.15, 0.2) is 0 Å². The van der Waals surface area contributed by atoms with E-state index in [9.17, 15) is 4.79 Å². The predicted octanol–water partition coefficient (Wildman–Crippen LogP) is 0.291. The highest BCUT2D eigenvalue weighted by Gasteiger charge is 2.32. The summed E-state index contributed by atoms with van der Waals surface area (Å²) >= 11 is 0. The summed E-state index contributed by atoms with van der Waals surface area (Å²) < 4.78 is 5.13. The molecular weight excluding hydrogens is 230 g/mol. The zero-order chi connectivity index (χ0) is 13.7. The fraction of sp³-hybridized carbons (Fsp3) is 0.923. The Morgan fingerprint density at radius 1 is 1.39 bits per heavy atom. The molecule has 0 unspecified atom stereocenters. The molecule has 0 aromatic rings. The maximum Gasteiger partial charge on any atom is 0.239 e. The van der Waals surface area contributed by atoms with Gasteiger partial charge in [0.05, 0.1) is 12.6 Å². The zero-order valence-corrected chi connectivity index (χ0v) is 12.1. The third-order valence-corrected chi connectivity index (χ3v) is 3.72. The molecule has 1 heterocycles. The average Bonchev–Trinajstić information content (AvgIpc) is 2.35. The molecular formula is C13H27N3O2. The van der Waals surface area contributed by atoms with Crippen LogP contribution in [-0.4, -0.2) is 67.2 Å². The van der Waals surface area contributed by atoms with Gasteiger partial charge in [-0.3, -0.25) is 9.69 Å². The maximum atomic E-state index is 12.1. The quantitative estimate of drug-likeness (QED) is 0.769. The molecule has 1 rings (SSSR count). The molecule has 106 valence electrons. The molecule has 2 N–H and O–H groups in total. The summed E-state index contributed by atoms with van der Waals surface area (Å²) in [5.74, 6) is 0.0857. The summed E-state index contributed by atoms with van der Waals surface area (Å²) in [6.45, 7) is 9.44. The fourth-order valence-electron chi connectivity index (χ4n) is 2.58. The first-order valence-corrected chi connectivity index (χ1v) is 6.80. The lowest BCUT2D eigenvalue weighted by molar-refractivity contribution is -0.137. The number of nitrogens with zero attached hydrogens (tertiary/aromatic N) is 2. The van der Waals surface area contributed by atoms with E-state index in [2.05, 4.69) is 18.7 Å². The Bertz CT molecular complexity index is 261. The smallest absolute Gasteiger partial charge is 0.239 e. The minimum Gasteiger partial charge on any atom is -0.383 e. The van der Waals surface area contributed by atoms with Crippen LogP contribution in [0, 0.1) is 0 Å². The molecule has 0 saturated carbocycles. The minimum atomic E-state index is -0.352. The molecule has 1 saturated heterocycles. The molecule has 0 aromatic heterocycles. The number of carbonyl (C=O) groups excluding carboxylic acids is 1. The summed E-state index contributed by atoms with van der Waals surface area (Å²) in [6, 6.07) is 0.365. The Balaban J connectivity index is 2.58. The van der Waals surface area contributed by atoms with Gasteiger partial charge in [0.25, 0.3) is 0 Å². The number of methoxy groups -OCH3 is 1. The monoisotopic (exact) mass is 257 g/mol. The number of nitrogens with two attached hydrogens (primary N) is 1. The van der Waals surface area contributed by atoms with Crippen molar-refractivity contribution in [3.63, 3.8) is 0 Å². The van der Waals surface area contributed by atoms with Crippen molar-refractivity contribution in [1.29, 1.82) is 0 Å². The van der Waals surface area contributed by atoms with Crippen molar-refractivity contribution in [3.05, 3.63) is 0 Å². The SMILES string of the molecule is CC[C@H](N)C(=O)N1C[C@@H](C)N(CCOC)[C@@H](C)C1. The lowest BCUT2D eigenvalue weighted by Crippen LogP contribution is -2.60. The third kappa shape index (κ3) is 3.67. The molecule has 1 fully saturated rings. The van der Waals surface area contributed by atoms with Crippen LogP contribution in [0.3, 0.4) is 0 Å². The molecule has 0 bridgehead atoms. The second-order valence-electron chi connectivity index (χ2n) is 5.19. The molecule has 5 heteroatoms. The third-order valence-electron chi connectivity index (χ3n) is 3.72. The first-order valence-electron chi connectivity index (χ1n) is 6.80. The van der Waals surface area contributed by atoms with Gasteiger partial charge in [-0.15, -0.1) is 0 Å². The van der Waals surface area contributed by atoms with Crippen molar-refractivity contribution in [2.45, 2.75) is 45.3 Å². The Labute approximate surface area is 110 Å². The van der Waals surface area contributed by atoms with Crippen molar-refractivity contribution < 1.29 is 9.53 Å². The Morgan fingerprint density at radius 2 is 1.94 bits per heavy atom. The number of rotatable bonds is 5. The maximum absolute atomic E-state index is 12.1. The Kier molecular flexibility index (Phi) is 6.05. The standard InChI is InChI=1S/C13H27N3O2/c1-5-12(14)13(17)15-8-10(2)16(6-7-18-4)11(3)9-15/h10-12H,5-9,14H2,1-4H3/t10-,11+,12-/m0/s1. The predicted molar refractivity (Wildman–Crippen MR) is 72.4 cm³/mol. The molecule has 1 amide bonds. The van der Waals surface area contributed by atoms with Gasteiger partial charge in [-0.2, -0.15) is 0 Å². The summed E-state index contributed by atoms with van der Waals surface area (Å²) in [7, 11) is 1.72. The molecule has 5 nitrogen and oxygen atoms in total. The summed E-state index contributed by atoms with van der Waals surface area (Å²) in [4.78, 5) is 16.4. The van der Waals surface area contributed by atoms with Crippen molar-refractivity contribution in [2.75, 3.05) is 33.4 Å². The second kappa shape index (κ2) is 7.07. The van der Waals surface area contributed by atoms with Crippen LogP contribution in [0.15, 0.2) is 0 Å². The van der Waals surface area contributed by atoms with Crippen LogP contribution < -0.4 is 5.73 Å². The average molecular weight is 257 g/mol.